The van der Waals surface area contributed by atoms with Crippen LogP contribution in [-0.4, -0.2) is 30.5 Å². The number of anilines is 1. The number of benzene rings is 1. The highest BCUT2D eigenvalue weighted by Crippen LogP contribution is 2.29. The van der Waals surface area contributed by atoms with Gasteiger partial charge in [-0.25, -0.2) is 0 Å². The monoisotopic (exact) mass is 394 g/mol. The van der Waals surface area contributed by atoms with Crippen LogP contribution in [-0.2, 0) is 5.54 Å². The largest absolute Gasteiger partial charge is 0.320 e. The van der Waals surface area contributed by atoms with Gasteiger partial charge in [-0.3, -0.25) is 9.48 Å². The molecule has 29 heavy (non-hydrogen) atoms. The topological polar surface area (TPSA) is 77.6 Å². The number of carbonyl (C=O) groups excluding carboxylic acids is 1. The molecule has 0 saturated carbocycles. The van der Waals surface area contributed by atoms with Crippen molar-refractivity contribution in [2.75, 3.05) is 5.32 Å². The lowest BCUT2D eigenvalue weighted by Gasteiger charge is -2.23. The van der Waals surface area contributed by atoms with Crippen LogP contribution in [0.25, 0.3) is 11.4 Å². The molecule has 0 saturated heterocycles. The number of amides is 1. The summed E-state index contributed by atoms with van der Waals surface area (Å²) in [6.07, 6.45) is 1.71. The Bertz CT molecular complexity index is 1010. The normalized spacial score (nSPS) is 12.0. The highest BCUT2D eigenvalue weighted by molar-refractivity contribution is 6.04. The molecule has 3 rings (SSSR count). The van der Waals surface area contributed by atoms with Crippen molar-refractivity contribution < 1.29 is 4.79 Å². The fraction of sp³-hybridized carbons (Fsp3) is 0.455. The van der Waals surface area contributed by atoms with Crippen molar-refractivity contribution in [3.05, 3.63) is 48.0 Å². The predicted octanol–water partition coefficient (Wildman–Crippen LogP) is 4.85. The first-order valence-electron chi connectivity index (χ1n) is 10.00. The smallest absolute Gasteiger partial charge is 0.276 e. The first kappa shape index (κ1) is 20.8. The second-order valence-electron chi connectivity index (χ2n) is 8.85. The van der Waals surface area contributed by atoms with Gasteiger partial charge in [0, 0.05) is 17.3 Å². The van der Waals surface area contributed by atoms with Gasteiger partial charge in [-0.15, -0.1) is 10.2 Å². The Morgan fingerprint density at radius 2 is 1.79 bits per heavy atom. The third-order valence-electron chi connectivity index (χ3n) is 4.74. The average Bonchev–Trinajstić information content (AvgIpc) is 3.29. The molecule has 0 fully saturated rings. The third-order valence-corrected chi connectivity index (χ3v) is 4.74. The van der Waals surface area contributed by atoms with Crippen LogP contribution in [0.15, 0.2) is 36.7 Å². The van der Waals surface area contributed by atoms with Gasteiger partial charge in [0.2, 0.25) is 0 Å². The lowest BCUT2D eigenvalue weighted by atomic mass is 10.1. The number of para-hydroxylation sites is 1. The Kier molecular flexibility index (Phi) is 5.59. The Balaban J connectivity index is 1.96. The standard InChI is InChI=1S/C22H30N6O/c1-14(2)19-12-18(26-28(19)22(5,6)7)21(29)24-17-11-9-8-10-16(17)20-25-23-13-27(20)15(3)4/h8-15H,1-7H3,(H,24,29). The fourth-order valence-electron chi connectivity index (χ4n) is 3.24. The summed E-state index contributed by atoms with van der Waals surface area (Å²) in [7, 11) is 0. The van der Waals surface area contributed by atoms with Crippen LogP contribution in [0.1, 0.15) is 76.6 Å². The second kappa shape index (κ2) is 7.81. The van der Waals surface area contributed by atoms with Crippen molar-refractivity contribution in [3.63, 3.8) is 0 Å². The van der Waals surface area contributed by atoms with E-state index in [2.05, 4.69) is 69.1 Å². The zero-order valence-electron chi connectivity index (χ0n) is 18.3. The van der Waals surface area contributed by atoms with Gasteiger partial charge in [-0.2, -0.15) is 5.10 Å². The number of carbonyl (C=O) groups is 1. The van der Waals surface area contributed by atoms with Crippen molar-refractivity contribution in [2.24, 2.45) is 0 Å². The van der Waals surface area contributed by atoms with Crippen LogP contribution in [0.3, 0.4) is 0 Å². The number of nitrogens with zero attached hydrogens (tertiary/aromatic N) is 5. The summed E-state index contributed by atoms with van der Waals surface area (Å²) in [5.74, 6) is 0.747. The number of hydrogen-bond donors (Lipinski definition) is 1. The van der Waals surface area contributed by atoms with Crippen LogP contribution in [0, 0.1) is 0 Å². The number of rotatable bonds is 5. The zero-order chi connectivity index (χ0) is 21.3. The lowest BCUT2D eigenvalue weighted by Crippen LogP contribution is -2.26. The molecular formula is C22H30N6O. The molecule has 0 unspecified atom stereocenters. The molecule has 0 aliphatic carbocycles. The van der Waals surface area contributed by atoms with Crippen molar-refractivity contribution in [2.45, 2.75) is 66.0 Å². The highest BCUT2D eigenvalue weighted by atomic mass is 16.2. The van der Waals surface area contributed by atoms with Crippen molar-refractivity contribution >= 4 is 11.6 Å². The Morgan fingerprint density at radius 1 is 1.10 bits per heavy atom. The number of nitrogens with one attached hydrogen (secondary N) is 1. The molecular weight excluding hydrogens is 364 g/mol. The van der Waals surface area contributed by atoms with E-state index in [4.69, 9.17) is 0 Å². The molecule has 3 aromatic rings. The summed E-state index contributed by atoms with van der Waals surface area (Å²) in [5.41, 5.74) is 2.75. The van der Waals surface area contributed by atoms with Gasteiger partial charge in [-0.1, -0.05) is 26.0 Å². The van der Waals surface area contributed by atoms with E-state index in [1.54, 1.807) is 6.33 Å². The number of hydrogen-bond acceptors (Lipinski definition) is 4. The van der Waals surface area contributed by atoms with Gasteiger partial charge in [0.1, 0.15) is 6.33 Å². The minimum Gasteiger partial charge on any atom is -0.320 e. The molecule has 0 spiro atoms. The van der Waals surface area contributed by atoms with Crippen LogP contribution < -0.4 is 5.32 Å². The Hall–Kier alpha value is -2.96. The average molecular weight is 395 g/mol. The highest BCUT2D eigenvalue weighted by Gasteiger charge is 2.24. The van der Waals surface area contributed by atoms with Crippen molar-refractivity contribution in [3.8, 4) is 11.4 Å². The lowest BCUT2D eigenvalue weighted by molar-refractivity contribution is 0.102. The predicted molar refractivity (Wildman–Crippen MR) is 115 cm³/mol. The molecule has 0 aliphatic heterocycles. The minimum absolute atomic E-state index is 0.205. The summed E-state index contributed by atoms with van der Waals surface area (Å²) in [5, 5.41) is 15.9. The molecule has 0 atom stereocenters. The summed E-state index contributed by atoms with van der Waals surface area (Å²) >= 11 is 0. The first-order valence-corrected chi connectivity index (χ1v) is 10.00. The summed E-state index contributed by atoms with van der Waals surface area (Å²) in [6.45, 7) is 14.6. The molecule has 154 valence electrons. The second-order valence-corrected chi connectivity index (χ2v) is 8.85. The minimum atomic E-state index is -0.238. The van der Waals surface area contributed by atoms with E-state index in [1.165, 1.54) is 0 Å². The summed E-state index contributed by atoms with van der Waals surface area (Å²) in [6, 6.07) is 9.71. The van der Waals surface area contributed by atoms with E-state index < -0.39 is 0 Å². The maximum Gasteiger partial charge on any atom is 0.276 e. The van der Waals surface area contributed by atoms with Gasteiger partial charge >= 0.3 is 0 Å². The molecule has 1 amide bonds. The van der Waals surface area contributed by atoms with Gasteiger partial charge in [0.15, 0.2) is 11.5 Å². The van der Waals surface area contributed by atoms with Crippen molar-refractivity contribution in [1.29, 1.82) is 0 Å². The van der Waals surface area contributed by atoms with Crippen LogP contribution in [0.2, 0.25) is 0 Å². The molecule has 1 N–H and O–H groups in total. The zero-order valence-corrected chi connectivity index (χ0v) is 18.3. The molecule has 2 aromatic heterocycles. The molecule has 1 aromatic carbocycles. The van der Waals surface area contributed by atoms with Crippen LogP contribution >= 0.6 is 0 Å². The van der Waals surface area contributed by atoms with Gasteiger partial charge < -0.3 is 9.88 Å². The van der Waals surface area contributed by atoms with Gasteiger partial charge in [0.05, 0.1) is 11.2 Å². The summed E-state index contributed by atoms with van der Waals surface area (Å²) in [4.78, 5) is 13.0. The fourth-order valence-corrected chi connectivity index (χ4v) is 3.24. The van der Waals surface area contributed by atoms with E-state index >= 15 is 0 Å². The van der Waals surface area contributed by atoms with E-state index in [0.29, 0.717) is 11.4 Å². The van der Waals surface area contributed by atoms with E-state index in [9.17, 15) is 4.79 Å². The first-order chi connectivity index (χ1) is 13.6. The Morgan fingerprint density at radius 3 is 2.38 bits per heavy atom. The molecule has 7 nitrogen and oxygen atoms in total. The molecule has 7 heteroatoms. The van der Waals surface area contributed by atoms with E-state index in [-0.39, 0.29) is 23.4 Å². The Labute approximate surface area is 172 Å². The van der Waals surface area contributed by atoms with E-state index in [1.807, 2.05) is 39.6 Å². The SMILES string of the molecule is CC(C)c1cc(C(=O)Nc2ccccc2-c2nncn2C(C)C)nn1C(C)(C)C. The molecule has 2 heterocycles. The summed E-state index contributed by atoms with van der Waals surface area (Å²) < 4.78 is 3.92. The molecule has 0 bridgehead atoms. The van der Waals surface area contributed by atoms with Gasteiger partial charge in [0.25, 0.3) is 5.91 Å². The van der Waals surface area contributed by atoms with E-state index in [0.717, 1.165) is 17.1 Å². The van der Waals surface area contributed by atoms with Crippen LogP contribution in [0.5, 0.6) is 0 Å². The maximum atomic E-state index is 13.0. The number of aromatic nitrogens is 5. The molecule has 0 radical (unpaired) electrons. The van der Waals surface area contributed by atoms with Crippen LogP contribution in [0.4, 0.5) is 5.69 Å². The van der Waals surface area contributed by atoms with Gasteiger partial charge in [-0.05, 0) is 58.7 Å². The van der Waals surface area contributed by atoms with Crippen molar-refractivity contribution in [1.82, 2.24) is 24.5 Å². The third kappa shape index (κ3) is 4.23. The quantitative estimate of drug-likeness (QED) is 0.671. The molecule has 0 aliphatic rings. The maximum absolute atomic E-state index is 13.0.